The fourth-order valence-electron chi connectivity index (χ4n) is 3.24. The Bertz CT molecular complexity index is 1230. The summed E-state index contributed by atoms with van der Waals surface area (Å²) in [5.74, 6) is 1.58. The number of ether oxygens (including phenoxy) is 2. The van der Waals surface area contributed by atoms with Crippen molar-refractivity contribution in [2.75, 3.05) is 12.9 Å². The second-order valence-electron chi connectivity index (χ2n) is 7.17. The molecule has 4 aromatic rings. The Balaban J connectivity index is 1.59. The summed E-state index contributed by atoms with van der Waals surface area (Å²) in [6.45, 7) is 1.89. The van der Waals surface area contributed by atoms with Crippen LogP contribution in [0.15, 0.2) is 84.0 Å². The Morgan fingerprint density at radius 2 is 1.73 bits per heavy atom. The number of carbonyl (C=O) groups excluding carboxylic acids is 1. The van der Waals surface area contributed by atoms with Gasteiger partial charge in [0, 0.05) is 17.3 Å². The van der Waals surface area contributed by atoms with Crippen LogP contribution in [0, 0.1) is 5.82 Å². The van der Waals surface area contributed by atoms with Crippen molar-refractivity contribution in [2.45, 2.75) is 18.2 Å². The molecule has 8 heteroatoms. The van der Waals surface area contributed by atoms with Gasteiger partial charge in [-0.3, -0.25) is 9.36 Å². The average Bonchev–Trinajstić information content (AvgIpc) is 3.28. The van der Waals surface area contributed by atoms with Crippen LogP contribution in [0.4, 0.5) is 4.39 Å². The minimum Gasteiger partial charge on any atom is -0.497 e. The van der Waals surface area contributed by atoms with Gasteiger partial charge in [0.05, 0.1) is 12.9 Å². The van der Waals surface area contributed by atoms with Gasteiger partial charge in [-0.15, -0.1) is 10.2 Å². The van der Waals surface area contributed by atoms with Crippen LogP contribution in [0.2, 0.25) is 0 Å². The molecule has 0 aliphatic rings. The third kappa shape index (κ3) is 5.40. The van der Waals surface area contributed by atoms with E-state index in [0.717, 1.165) is 5.69 Å². The van der Waals surface area contributed by atoms with Crippen LogP contribution in [0.3, 0.4) is 0 Å². The van der Waals surface area contributed by atoms with Crippen LogP contribution in [0.25, 0.3) is 5.69 Å². The zero-order valence-corrected chi connectivity index (χ0v) is 19.0. The van der Waals surface area contributed by atoms with Crippen molar-refractivity contribution in [3.05, 3.63) is 96.1 Å². The van der Waals surface area contributed by atoms with Gasteiger partial charge in [0.15, 0.2) is 22.9 Å². The molecule has 6 nitrogen and oxygen atoms in total. The molecule has 0 aliphatic carbocycles. The number of rotatable bonds is 9. The van der Waals surface area contributed by atoms with Crippen LogP contribution in [0.5, 0.6) is 11.5 Å². The molecule has 3 aromatic carbocycles. The normalized spacial score (nSPS) is 11.7. The molecule has 1 unspecified atom stereocenters. The fourth-order valence-corrected chi connectivity index (χ4v) is 4.09. The Labute approximate surface area is 195 Å². The maximum Gasteiger partial charge on any atom is 0.196 e. The Morgan fingerprint density at radius 3 is 2.45 bits per heavy atom. The Hall–Kier alpha value is -3.65. The van der Waals surface area contributed by atoms with Crippen molar-refractivity contribution in [1.82, 2.24) is 14.8 Å². The van der Waals surface area contributed by atoms with Crippen molar-refractivity contribution < 1.29 is 18.7 Å². The van der Waals surface area contributed by atoms with Crippen LogP contribution in [-0.2, 0) is 0 Å². The first-order chi connectivity index (χ1) is 16.0. The van der Waals surface area contributed by atoms with Gasteiger partial charge in [0.25, 0.3) is 0 Å². The number of nitrogens with zero attached hydrogens (tertiary/aromatic N) is 3. The number of para-hydroxylation sites is 1. The van der Waals surface area contributed by atoms with Crippen LogP contribution < -0.4 is 9.47 Å². The first-order valence-corrected chi connectivity index (χ1v) is 11.3. The van der Waals surface area contributed by atoms with Gasteiger partial charge in [-0.2, -0.15) is 0 Å². The number of hydrogen-bond acceptors (Lipinski definition) is 6. The minimum absolute atomic E-state index is 0.121. The SMILES string of the molecule is COc1cccc(OC(C)c2nnc(SCC(=O)c3ccc(F)cc3)n2-c2ccccc2)c1. The van der Waals surface area contributed by atoms with Crippen molar-refractivity contribution in [2.24, 2.45) is 0 Å². The van der Waals surface area contributed by atoms with Crippen molar-refractivity contribution in [1.29, 1.82) is 0 Å². The maximum absolute atomic E-state index is 13.2. The number of benzene rings is 3. The van der Waals surface area contributed by atoms with Crippen LogP contribution in [-0.4, -0.2) is 33.4 Å². The summed E-state index contributed by atoms with van der Waals surface area (Å²) in [7, 11) is 1.60. The van der Waals surface area contributed by atoms with Crippen LogP contribution >= 0.6 is 11.8 Å². The highest BCUT2D eigenvalue weighted by Gasteiger charge is 2.22. The smallest absolute Gasteiger partial charge is 0.196 e. The second kappa shape index (κ2) is 10.3. The molecule has 168 valence electrons. The molecule has 0 radical (unpaired) electrons. The molecule has 0 aliphatic heterocycles. The lowest BCUT2D eigenvalue weighted by Gasteiger charge is -2.17. The number of methoxy groups -OCH3 is 1. The summed E-state index contributed by atoms with van der Waals surface area (Å²) in [6.07, 6.45) is -0.424. The van der Waals surface area contributed by atoms with Crippen LogP contribution in [0.1, 0.15) is 29.2 Å². The summed E-state index contributed by atoms with van der Waals surface area (Å²) in [4.78, 5) is 12.6. The van der Waals surface area contributed by atoms with E-state index < -0.39 is 6.10 Å². The lowest BCUT2D eigenvalue weighted by Crippen LogP contribution is -2.12. The van der Waals surface area contributed by atoms with E-state index in [1.54, 1.807) is 13.2 Å². The zero-order chi connectivity index (χ0) is 23.2. The monoisotopic (exact) mass is 463 g/mol. The number of carbonyl (C=O) groups is 1. The number of halogens is 1. The van der Waals surface area contributed by atoms with Gasteiger partial charge in [0.2, 0.25) is 0 Å². The molecule has 0 saturated carbocycles. The molecule has 1 heterocycles. The van der Waals surface area contributed by atoms with Crippen molar-refractivity contribution >= 4 is 17.5 Å². The van der Waals surface area contributed by atoms with E-state index in [1.807, 2.05) is 60.0 Å². The summed E-state index contributed by atoms with van der Waals surface area (Å²) < 4.78 is 26.4. The standard InChI is InChI=1S/C25H22FN3O3S/c1-17(32-22-10-6-9-21(15-22)31-2)24-27-28-25(29(24)20-7-4-3-5-8-20)33-16-23(30)18-11-13-19(26)14-12-18/h3-15,17H,16H2,1-2H3. The Morgan fingerprint density at radius 1 is 1.00 bits per heavy atom. The van der Waals surface area contributed by atoms with Gasteiger partial charge >= 0.3 is 0 Å². The highest BCUT2D eigenvalue weighted by Crippen LogP contribution is 2.29. The Kier molecular flexibility index (Phi) is 7.04. The number of hydrogen-bond donors (Lipinski definition) is 0. The quantitative estimate of drug-likeness (QED) is 0.240. The maximum atomic E-state index is 13.2. The first kappa shape index (κ1) is 22.5. The van der Waals surface area contributed by atoms with Crippen molar-refractivity contribution in [3.63, 3.8) is 0 Å². The van der Waals surface area contributed by atoms with Gasteiger partial charge < -0.3 is 9.47 Å². The van der Waals surface area contributed by atoms with Gasteiger partial charge in [-0.25, -0.2) is 4.39 Å². The van der Waals surface area contributed by atoms with Gasteiger partial charge in [0.1, 0.15) is 17.3 Å². The van der Waals surface area contributed by atoms with Gasteiger partial charge in [-0.1, -0.05) is 36.0 Å². The number of Topliss-reactive ketones (excluding diaryl/α,β-unsaturated/α-hetero) is 1. The summed E-state index contributed by atoms with van der Waals surface area (Å²) in [6, 6.07) is 22.5. The fraction of sp³-hybridized carbons (Fsp3) is 0.160. The second-order valence-corrected chi connectivity index (χ2v) is 8.11. The molecule has 1 aromatic heterocycles. The highest BCUT2D eigenvalue weighted by atomic mass is 32.2. The summed E-state index contributed by atoms with van der Waals surface area (Å²) >= 11 is 1.27. The molecule has 4 rings (SSSR count). The summed E-state index contributed by atoms with van der Waals surface area (Å²) in [5, 5.41) is 9.26. The molecule has 0 saturated heterocycles. The molecular weight excluding hydrogens is 441 g/mol. The summed E-state index contributed by atoms with van der Waals surface area (Å²) in [5.41, 5.74) is 1.31. The van der Waals surface area contributed by atoms with E-state index in [1.165, 1.54) is 36.0 Å². The molecule has 1 atom stereocenters. The van der Waals surface area contributed by atoms with E-state index in [4.69, 9.17) is 9.47 Å². The lowest BCUT2D eigenvalue weighted by atomic mass is 10.1. The third-order valence-corrected chi connectivity index (χ3v) is 5.82. The molecule has 33 heavy (non-hydrogen) atoms. The van der Waals surface area contributed by atoms with E-state index in [2.05, 4.69) is 10.2 Å². The number of thioether (sulfide) groups is 1. The molecule has 0 spiro atoms. The zero-order valence-electron chi connectivity index (χ0n) is 18.1. The van der Waals surface area contributed by atoms with E-state index >= 15 is 0 Å². The molecular formula is C25H22FN3O3S. The molecule has 0 fully saturated rings. The number of ketones is 1. The third-order valence-electron chi connectivity index (χ3n) is 4.89. The average molecular weight is 464 g/mol. The predicted octanol–water partition coefficient (Wildman–Crippen LogP) is 5.53. The molecule has 0 N–H and O–H groups in total. The topological polar surface area (TPSA) is 66.2 Å². The molecule has 0 bridgehead atoms. The van der Waals surface area contributed by atoms with E-state index in [-0.39, 0.29) is 17.4 Å². The first-order valence-electron chi connectivity index (χ1n) is 10.3. The largest absolute Gasteiger partial charge is 0.497 e. The highest BCUT2D eigenvalue weighted by molar-refractivity contribution is 7.99. The van der Waals surface area contributed by atoms with E-state index in [9.17, 15) is 9.18 Å². The predicted molar refractivity (Wildman–Crippen MR) is 125 cm³/mol. The minimum atomic E-state index is -0.424. The number of aromatic nitrogens is 3. The van der Waals surface area contributed by atoms with Gasteiger partial charge in [-0.05, 0) is 55.5 Å². The van der Waals surface area contributed by atoms with E-state index in [0.29, 0.717) is 28.0 Å². The lowest BCUT2D eigenvalue weighted by molar-refractivity contribution is 0.102. The van der Waals surface area contributed by atoms with Crippen molar-refractivity contribution in [3.8, 4) is 17.2 Å². The molecule has 0 amide bonds.